The molecule has 1 aliphatic rings. The maximum absolute atomic E-state index is 9.21. The first-order valence-corrected chi connectivity index (χ1v) is 7.17. The van der Waals surface area contributed by atoms with Crippen LogP contribution in [0.2, 0.25) is 0 Å². The molecular formula is C16H22Cl2N4. The Hall–Kier alpha value is -1.25. The summed E-state index contributed by atoms with van der Waals surface area (Å²) >= 11 is 0. The third kappa shape index (κ3) is 3.56. The number of nitriles is 1. The van der Waals surface area contributed by atoms with Gasteiger partial charge in [0, 0.05) is 56.4 Å². The van der Waals surface area contributed by atoms with E-state index in [1.54, 1.807) is 0 Å². The number of piperazine rings is 1. The molecule has 0 spiro atoms. The normalized spacial score (nSPS) is 16.4. The molecule has 1 saturated heterocycles. The van der Waals surface area contributed by atoms with Gasteiger partial charge in [0.05, 0.1) is 12.5 Å². The zero-order chi connectivity index (χ0) is 13.9. The maximum atomic E-state index is 9.21. The van der Waals surface area contributed by atoms with E-state index in [-0.39, 0.29) is 30.9 Å². The Labute approximate surface area is 143 Å². The molecule has 0 radical (unpaired) electrons. The number of nitrogens with one attached hydrogen (secondary N) is 1. The molecule has 1 fully saturated rings. The minimum absolute atomic E-state index is 0. The Kier molecular flexibility index (Phi) is 7.18. The van der Waals surface area contributed by atoms with Gasteiger partial charge in [0.2, 0.25) is 0 Å². The van der Waals surface area contributed by atoms with E-state index in [2.05, 4.69) is 58.4 Å². The highest BCUT2D eigenvalue weighted by Crippen LogP contribution is 2.31. The highest BCUT2D eigenvalue weighted by atomic mass is 35.5. The Morgan fingerprint density at radius 3 is 2.59 bits per heavy atom. The maximum Gasteiger partial charge on any atom is 0.0641 e. The fraction of sp³-hybridized carbons (Fsp3) is 0.438. The summed E-state index contributed by atoms with van der Waals surface area (Å²) in [6, 6.07) is 11.0. The Morgan fingerprint density at radius 2 is 1.91 bits per heavy atom. The molecule has 4 nitrogen and oxygen atoms in total. The first-order valence-electron chi connectivity index (χ1n) is 7.17. The van der Waals surface area contributed by atoms with Crippen LogP contribution in [0.3, 0.4) is 0 Å². The fourth-order valence-corrected chi connectivity index (χ4v) is 3.15. The van der Waals surface area contributed by atoms with Crippen molar-refractivity contribution in [1.29, 1.82) is 5.26 Å². The molecule has 1 N–H and O–H groups in total. The Balaban J connectivity index is 0.00000121. The summed E-state index contributed by atoms with van der Waals surface area (Å²) in [7, 11) is 2.08. The molecule has 0 saturated carbocycles. The van der Waals surface area contributed by atoms with Crippen molar-refractivity contribution in [1.82, 2.24) is 14.8 Å². The molecule has 2 heterocycles. The number of aryl methyl sites for hydroxylation is 1. The van der Waals surface area contributed by atoms with Gasteiger partial charge in [-0.15, -0.1) is 24.8 Å². The number of benzene rings is 1. The number of hydrogen-bond acceptors (Lipinski definition) is 3. The van der Waals surface area contributed by atoms with Crippen molar-refractivity contribution in [2.45, 2.75) is 12.5 Å². The van der Waals surface area contributed by atoms with E-state index in [1.807, 2.05) is 0 Å². The van der Waals surface area contributed by atoms with Crippen molar-refractivity contribution in [3.05, 3.63) is 36.0 Å². The molecule has 2 aromatic rings. The summed E-state index contributed by atoms with van der Waals surface area (Å²) in [5, 5.41) is 13.9. The van der Waals surface area contributed by atoms with Gasteiger partial charge < -0.3 is 9.88 Å². The minimum atomic E-state index is 0. The van der Waals surface area contributed by atoms with Crippen molar-refractivity contribution < 1.29 is 0 Å². The number of aromatic nitrogens is 1. The van der Waals surface area contributed by atoms with E-state index in [0.29, 0.717) is 6.42 Å². The first kappa shape index (κ1) is 18.8. The van der Waals surface area contributed by atoms with Gasteiger partial charge in [-0.05, 0) is 11.6 Å². The number of para-hydroxylation sites is 1. The number of nitrogens with zero attached hydrogens (tertiary/aromatic N) is 3. The highest BCUT2D eigenvalue weighted by Gasteiger charge is 2.24. The Morgan fingerprint density at radius 1 is 1.23 bits per heavy atom. The van der Waals surface area contributed by atoms with Crippen LogP contribution in [0.4, 0.5) is 0 Å². The average molecular weight is 341 g/mol. The number of halogens is 2. The molecule has 22 heavy (non-hydrogen) atoms. The minimum Gasteiger partial charge on any atom is -0.350 e. The second-order valence-electron chi connectivity index (χ2n) is 5.38. The van der Waals surface area contributed by atoms with E-state index < -0.39 is 0 Å². The molecule has 1 aromatic carbocycles. The molecule has 3 rings (SSSR count). The summed E-state index contributed by atoms with van der Waals surface area (Å²) < 4.78 is 2.16. The molecule has 6 heteroatoms. The van der Waals surface area contributed by atoms with Crippen LogP contribution in [-0.2, 0) is 7.05 Å². The average Bonchev–Trinajstić information content (AvgIpc) is 2.83. The van der Waals surface area contributed by atoms with Crippen LogP contribution in [0.1, 0.15) is 18.0 Å². The van der Waals surface area contributed by atoms with Crippen molar-refractivity contribution in [2.75, 3.05) is 26.2 Å². The van der Waals surface area contributed by atoms with Gasteiger partial charge in [0.25, 0.3) is 0 Å². The summed E-state index contributed by atoms with van der Waals surface area (Å²) in [6.07, 6.45) is 2.74. The quantitative estimate of drug-likeness (QED) is 0.934. The largest absolute Gasteiger partial charge is 0.350 e. The van der Waals surface area contributed by atoms with Crippen LogP contribution in [-0.4, -0.2) is 35.6 Å². The predicted molar refractivity (Wildman–Crippen MR) is 94.8 cm³/mol. The number of rotatable bonds is 3. The molecule has 0 aliphatic carbocycles. The number of hydrogen-bond donors (Lipinski definition) is 1. The summed E-state index contributed by atoms with van der Waals surface area (Å²) in [5.74, 6) is 0. The van der Waals surface area contributed by atoms with Crippen LogP contribution in [0, 0.1) is 11.3 Å². The van der Waals surface area contributed by atoms with Gasteiger partial charge in [-0.3, -0.25) is 4.90 Å². The third-order valence-electron chi connectivity index (χ3n) is 4.16. The SMILES string of the molecule is Cl.Cl.Cn1cc([C@@H](CC#N)N2CCNCC2)c2ccccc21. The van der Waals surface area contributed by atoms with Crippen LogP contribution in [0.25, 0.3) is 10.9 Å². The molecule has 1 aromatic heterocycles. The van der Waals surface area contributed by atoms with Gasteiger partial charge in [-0.25, -0.2) is 0 Å². The van der Waals surface area contributed by atoms with Crippen molar-refractivity contribution in [2.24, 2.45) is 7.05 Å². The highest BCUT2D eigenvalue weighted by molar-refractivity contribution is 5.86. The van der Waals surface area contributed by atoms with Crippen LogP contribution in [0.15, 0.2) is 30.5 Å². The monoisotopic (exact) mass is 340 g/mol. The van der Waals surface area contributed by atoms with Crippen molar-refractivity contribution in [3.63, 3.8) is 0 Å². The summed E-state index contributed by atoms with van der Waals surface area (Å²) in [5.41, 5.74) is 2.52. The fourth-order valence-electron chi connectivity index (χ4n) is 3.15. The van der Waals surface area contributed by atoms with E-state index in [9.17, 15) is 5.26 Å². The number of fused-ring (bicyclic) bond motifs is 1. The molecule has 0 unspecified atom stereocenters. The van der Waals surface area contributed by atoms with Gasteiger partial charge in [-0.2, -0.15) is 5.26 Å². The van der Waals surface area contributed by atoms with Crippen LogP contribution >= 0.6 is 24.8 Å². The molecular weight excluding hydrogens is 319 g/mol. The van der Waals surface area contributed by atoms with E-state index in [0.717, 1.165) is 26.2 Å². The summed E-state index contributed by atoms with van der Waals surface area (Å²) in [6.45, 7) is 4.03. The van der Waals surface area contributed by atoms with Gasteiger partial charge in [0.1, 0.15) is 0 Å². The predicted octanol–water partition coefficient (Wildman–Crippen LogP) is 2.88. The van der Waals surface area contributed by atoms with E-state index in [4.69, 9.17) is 0 Å². The molecule has 0 amide bonds. The second-order valence-corrected chi connectivity index (χ2v) is 5.38. The van der Waals surface area contributed by atoms with Crippen molar-refractivity contribution >= 4 is 35.7 Å². The standard InChI is InChI=1S/C16H20N4.2ClH/c1-19-12-14(13-4-2-3-5-15(13)19)16(6-7-17)20-10-8-18-9-11-20;;/h2-5,12,16,18H,6,8-11H2,1H3;2*1H/t16-;;/m1../s1. The molecule has 0 bridgehead atoms. The van der Waals surface area contributed by atoms with Gasteiger partial charge >= 0.3 is 0 Å². The van der Waals surface area contributed by atoms with E-state index in [1.165, 1.54) is 16.5 Å². The lowest BCUT2D eigenvalue weighted by Gasteiger charge is -2.33. The lowest BCUT2D eigenvalue weighted by molar-refractivity contribution is 0.176. The topological polar surface area (TPSA) is 44.0 Å². The second kappa shape index (κ2) is 8.40. The smallest absolute Gasteiger partial charge is 0.0641 e. The molecule has 1 aliphatic heterocycles. The lowest BCUT2D eigenvalue weighted by atomic mass is 10.0. The van der Waals surface area contributed by atoms with Crippen LogP contribution in [0.5, 0.6) is 0 Å². The van der Waals surface area contributed by atoms with Crippen molar-refractivity contribution in [3.8, 4) is 6.07 Å². The summed E-state index contributed by atoms with van der Waals surface area (Å²) in [4.78, 5) is 2.43. The third-order valence-corrected chi connectivity index (χ3v) is 4.16. The zero-order valence-electron chi connectivity index (χ0n) is 12.7. The zero-order valence-corrected chi connectivity index (χ0v) is 14.3. The molecule has 1 atom stereocenters. The molecule has 120 valence electrons. The van der Waals surface area contributed by atoms with Gasteiger partial charge in [-0.1, -0.05) is 18.2 Å². The lowest BCUT2D eigenvalue weighted by Crippen LogP contribution is -2.45. The van der Waals surface area contributed by atoms with Gasteiger partial charge in [0.15, 0.2) is 0 Å². The van der Waals surface area contributed by atoms with E-state index >= 15 is 0 Å². The first-order chi connectivity index (χ1) is 9.81. The van der Waals surface area contributed by atoms with Crippen LogP contribution < -0.4 is 5.32 Å². The Bertz CT molecular complexity index is 641.